The van der Waals surface area contributed by atoms with Crippen molar-refractivity contribution in [3.63, 3.8) is 0 Å². The molecule has 0 nitrogen and oxygen atoms in total. The second-order valence-electron chi connectivity index (χ2n) is 5.68. The van der Waals surface area contributed by atoms with E-state index in [1.54, 1.807) is 0 Å². The number of hydrogen-bond acceptors (Lipinski definition) is 0. The van der Waals surface area contributed by atoms with Crippen molar-refractivity contribution >= 4 is 29.7 Å². The Hall–Kier alpha value is -2.38. The van der Waals surface area contributed by atoms with E-state index in [4.69, 9.17) is 0 Å². The van der Waals surface area contributed by atoms with Gasteiger partial charge >= 0.3 is 0 Å². The third-order valence-corrected chi connectivity index (χ3v) is 8.89. The summed E-state index contributed by atoms with van der Waals surface area (Å²) in [6.45, 7) is 6.28. The van der Waals surface area contributed by atoms with Crippen LogP contribution in [0.2, 0.25) is 6.55 Å². The molecular formula is C21H20Si. The highest BCUT2D eigenvalue weighted by atomic mass is 28.3. The van der Waals surface area contributed by atoms with Crippen LogP contribution in [0.15, 0.2) is 91.5 Å². The van der Waals surface area contributed by atoms with Crippen LogP contribution < -0.4 is 15.6 Å². The molecule has 22 heavy (non-hydrogen) atoms. The first kappa shape index (κ1) is 14.5. The standard InChI is InChI=1S/C21H20Si/c1-3-18-14-16-21(17-15-18)22(2,19-10-6-4-7-11-19)20-12-8-5-9-13-20/h3-17H,1H2,2H3. The molecule has 1 heteroatoms. The van der Waals surface area contributed by atoms with Gasteiger partial charge in [-0.15, -0.1) is 0 Å². The van der Waals surface area contributed by atoms with Crippen LogP contribution in [0, 0.1) is 0 Å². The summed E-state index contributed by atoms with van der Waals surface area (Å²) in [5.41, 5.74) is 1.17. The second-order valence-corrected chi connectivity index (χ2v) is 9.67. The average Bonchev–Trinajstić information content (AvgIpc) is 2.62. The van der Waals surface area contributed by atoms with Crippen molar-refractivity contribution in [2.24, 2.45) is 0 Å². The summed E-state index contributed by atoms with van der Waals surface area (Å²) < 4.78 is 0. The van der Waals surface area contributed by atoms with Gasteiger partial charge < -0.3 is 0 Å². The van der Waals surface area contributed by atoms with Crippen LogP contribution in [0.4, 0.5) is 0 Å². The number of rotatable bonds is 4. The van der Waals surface area contributed by atoms with Gasteiger partial charge in [-0.3, -0.25) is 0 Å². The number of hydrogen-bond donors (Lipinski definition) is 0. The lowest BCUT2D eigenvalue weighted by Gasteiger charge is -2.29. The second kappa shape index (κ2) is 6.16. The predicted octanol–water partition coefficient (Wildman–Crippen LogP) is 3.43. The Balaban J connectivity index is 2.20. The van der Waals surface area contributed by atoms with Gasteiger partial charge in [0, 0.05) is 0 Å². The zero-order chi connectivity index (χ0) is 15.4. The van der Waals surface area contributed by atoms with E-state index in [9.17, 15) is 0 Å². The molecule has 0 aromatic heterocycles. The highest BCUT2D eigenvalue weighted by Crippen LogP contribution is 2.08. The van der Waals surface area contributed by atoms with Crippen LogP contribution in [0.5, 0.6) is 0 Å². The molecule has 0 spiro atoms. The van der Waals surface area contributed by atoms with Crippen LogP contribution in [0.1, 0.15) is 5.56 Å². The highest BCUT2D eigenvalue weighted by molar-refractivity contribution is 7.10. The van der Waals surface area contributed by atoms with Gasteiger partial charge in [0.25, 0.3) is 0 Å². The van der Waals surface area contributed by atoms with Crippen LogP contribution in [-0.4, -0.2) is 8.07 Å². The Morgan fingerprint density at radius 3 is 1.45 bits per heavy atom. The lowest BCUT2D eigenvalue weighted by atomic mass is 10.2. The normalized spacial score (nSPS) is 11.1. The Kier molecular flexibility index (Phi) is 4.08. The molecule has 0 saturated heterocycles. The molecule has 108 valence electrons. The third kappa shape index (κ3) is 2.56. The smallest absolute Gasteiger partial charge is 0.0985 e. The molecule has 0 aliphatic heterocycles. The van der Waals surface area contributed by atoms with Gasteiger partial charge in [0.15, 0.2) is 0 Å². The minimum absolute atomic E-state index is 1.17. The molecule has 0 atom stereocenters. The van der Waals surface area contributed by atoms with Crippen LogP contribution in [0.3, 0.4) is 0 Å². The van der Waals surface area contributed by atoms with Crippen molar-refractivity contribution in [1.82, 2.24) is 0 Å². The molecule has 0 fully saturated rings. The van der Waals surface area contributed by atoms with E-state index in [2.05, 4.69) is 98.1 Å². The summed E-state index contributed by atoms with van der Waals surface area (Å²) >= 11 is 0. The van der Waals surface area contributed by atoms with Gasteiger partial charge in [0.2, 0.25) is 0 Å². The summed E-state index contributed by atoms with van der Waals surface area (Å²) in [4.78, 5) is 0. The van der Waals surface area contributed by atoms with Crippen LogP contribution >= 0.6 is 0 Å². The lowest BCUT2D eigenvalue weighted by Crippen LogP contribution is -2.64. The van der Waals surface area contributed by atoms with E-state index >= 15 is 0 Å². The van der Waals surface area contributed by atoms with Crippen molar-refractivity contribution < 1.29 is 0 Å². The summed E-state index contributed by atoms with van der Waals surface area (Å²) in [6.07, 6.45) is 1.90. The number of benzene rings is 3. The zero-order valence-electron chi connectivity index (χ0n) is 12.9. The van der Waals surface area contributed by atoms with Crippen molar-refractivity contribution in [1.29, 1.82) is 0 Å². The minimum Gasteiger partial charge on any atom is -0.0985 e. The molecule has 3 aromatic carbocycles. The molecule has 0 aliphatic rings. The zero-order valence-corrected chi connectivity index (χ0v) is 13.9. The fourth-order valence-electron chi connectivity index (χ4n) is 3.00. The predicted molar refractivity (Wildman–Crippen MR) is 99.9 cm³/mol. The van der Waals surface area contributed by atoms with Gasteiger partial charge in [0.1, 0.15) is 8.07 Å². The molecule has 3 rings (SSSR count). The van der Waals surface area contributed by atoms with Crippen LogP contribution in [-0.2, 0) is 0 Å². The fourth-order valence-corrected chi connectivity index (χ4v) is 6.55. The van der Waals surface area contributed by atoms with Crippen molar-refractivity contribution in [2.45, 2.75) is 6.55 Å². The van der Waals surface area contributed by atoms with E-state index in [-0.39, 0.29) is 0 Å². The van der Waals surface area contributed by atoms with Gasteiger partial charge in [-0.2, -0.15) is 0 Å². The molecule has 0 saturated carbocycles. The van der Waals surface area contributed by atoms with Crippen molar-refractivity contribution in [3.05, 3.63) is 97.1 Å². The third-order valence-electron chi connectivity index (χ3n) is 4.43. The Bertz CT molecular complexity index is 703. The fraction of sp³-hybridized carbons (Fsp3) is 0.0476. The molecule has 0 radical (unpaired) electrons. The topological polar surface area (TPSA) is 0 Å². The molecule has 0 unspecified atom stereocenters. The van der Waals surface area contributed by atoms with Gasteiger partial charge in [-0.05, 0) is 21.1 Å². The summed E-state index contributed by atoms with van der Waals surface area (Å²) in [5, 5.41) is 4.30. The maximum Gasteiger partial charge on any atom is 0.145 e. The first-order chi connectivity index (χ1) is 10.7. The van der Waals surface area contributed by atoms with Crippen molar-refractivity contribution in [3.8, 4) is 0 Å². The maximum absolute atomic E-state index is 3.85. The highest BCUT2D eigenvalue weighted by Gasteiger charge is 2.33. The quantitative estimate of drug-likeness (QED) is 0.511. The molecular weight excluding hydrogens is 280 g/mol. The maximum atomic E-state index is 3.85. The molecule has 0 heterocycles. The first-order valence-electron chi connectivity index (χ1n) is 7.59. The minimum atomic E-state index is -1.95. The summed E-state index contributed by atoms with van der Waals surface area (Å²) in [6, 6.07) is 30.7. The van der Waals surface area contributed by atoms with Gasteiger partial charge in [-0.1, -0.05) is 104 Å². The largest absolute Gasteiger partial charge is 0.145 e. The Morgan fingerprint density at radius 2 is 1.05 bits per heavy atom. The van der Waals surface area contributed by atoms with Crippen molar-refractivity contribution in [2.75, 3.05) is 0 Å². The summed E-state index contributed by atoms with van der Waals surface area (Å²) in [5.74, 6) is 0. The van der Waals surface area contributed by atoms with E-state index < -0.39 is 8.07 Å². The van der Waals surface area contributed by atoms with Crippen LogP contribution in [0.25, 0.3) is 6.08 Å². The first-order valence-corrected chi connectivity index (χ1v) is 10.1. The molecule has 0 amide bonds. The van der Waals surface area contributed by atoms with Gasteiger partial charge in [-0.25, -0.2) is 0 Å². The summed E-state index contributed by atoms with van der Waals surface area (Å²) in [7, 11) is -1.95. The average molecular weight is 300 g/mol. The molecule has 3 aromatic rings. The van der Waals surface area contributed by atoms with E-state index in [0.717, 1.165) is 0 Å². The van der Waals surface area contributed by atoms with E-state index in [0.29, 0.717) is 0 Å². The molecule has 0 aliphatic carbocycles. The molecule has 0 bridgehead atoms. The molecule has 0 N–H and O–H groups in total. The van der Waals surface area contributed by atoms with Gasteiger partial charge in [0.05, 0.1) is 0 Å². The van der Waals surface area contributed by atoms with E-state index in [1.165, 1.54) is 21.1 Å². The monoisotopic (exact) mass is 300 g/mol. The SMILES string of the molecule is C=Cc1ccc([Si](C)(c2ccccc2)c2ccccc2)cc1. The Labute approximate surface area is 133 Å². The Morgan fingerprint density at radius 1 is 0.636 bits per heavy atom. The lowest BCUT2D eigenvalue weighted by molar-refractivity contribution is 1.65. The van der Waals surface area contributed by atoms with E-state index in [1.807, 2.05) is 6.08 Å².